The summed E-state index contributed by atoms with van der Waals surface area (Å²) < 4.78 is 5.50. The summed E-state index contributed by atoms with van der Waals surface area (Å²) in [6, 6.07) is 2.15. The molecule has 3 heteroatoms. The van der Waals surface area contributed by atoms with Crippen LogP contribution in [-0.2, 0) is 4.74 Å². The number of nitrogens with zero attached hydrogens (tertiary/aromatic N) is 1. The zero-order chi connectivity index (χ0) is 13.7. The average molecular weight is 268 g/mol. The molecule has 1 atom stereocenters. The fourth-order valence-electron chi connectivity index (χ4n) is 3.73. The highest BCUT2D eigenvalue weighted by atomic mass is 16.5. The first-order valence-corrected chi connectivity index (χ1v) is 8.22. The summed E-state index contributed by atoms with van der Waals surface area (Å²) in [5, 5.41) is 3.70. The highest BCUT2D eigenvalue weighted by Gasteiger charge is 2.29. The molecule has 0 aromatic rings. The van der Waals surface area contributed by atoms with Crippen LogP contribution in [0.25, 0.3) is 0 Å². The van der Waals surface area contributed by atoms with E-state index in [-0.39, 0.29) is 0 Å². The van der Waals surface area contributed by atoms with Gasteiger partial charge in [-0.3, -0.25) is 4.90 Å². The van der Waals surface area contributed by atoms with Gasteiger partial charge in [0.05, 0.1) is 6.10 Å². The molecule has 112 valence electrons. The molecule has 0 spiro atoms. The van der Waals surface area contributed by atoms with E-state index < -0.39 is 0 Å². The average Bonchev–Trinajstić information content (AvgIpc) is 2.46. The topological polar surface area (TPSA) is 24.5 Å². The molecule has 0 aromatic carbocycles. The molecule has 0 bridgehead atoms. The Morgan fingerprint density at radius 2 is 1.84 bits per heavy atom. The van der Waals surface area contributed by atoms with Crippen molar-refractivity contribution in [3.63, 3.8) is 0 Å². The Balaban J connectivity index is 1.85. The SMILES string of the molecule is COC1CCC(N(CC2CCCCN2)C(C)C)CC1. The van der Waals surface area contributed by atoms with Gasteiger partial charge in [-0.25, -0.2) is 0 Å². The van der Waals surface area contributed by atoms with Crippen molar-refractivity contribution in [2.24, 2.45) is 0 Å². The molecule has 1 N–H and O–H groups in total. The molecule has 1 saturated carbocycles. The molecular weight excluding hydrogens is 236 g/mol. The molecule has 1 unspecified atom stereocenters. The first kappa shape index (κ1) is 15.3. The van der Waals surface area contributed by atoms with Gasteiger partial charge >= 0.3 is 0 Å². The molecule has 2 rings (SSSR count). The maximum atomic E-state index is 5.50. The number of piperidine rings is 1. The summed E-state index contributed by atoms with van der Waals surface area (Å²) in [7, 11) is 1.86. The lowest BCUT2D eigenvalue weighted by atomic mass is 9.90. The lowest BCUT2D eigenvalue weighted by Gasteiger charge is -2.41. The normalized spacial score (nSPS) is 33.0. The molecular formula is C16H32N2O. The van der Waals surface area contributed by atoms with Crippen LogP contribution in [0.5, 0.6) is 0 Å². The molecule has 2 aliphatic rings. The molecule has 0 amide bonds. The van der Waals surface area contributed by atoms with E-state index in [1.807, 2.05) is 7.11 Å². The number of rotatable bonds is 5. The summed E-state index contributed by atoms with van der Waals surface area (Å²) in [4.78, 5) is 2.74. The number of methoxy groups -OCH3 is 1. The summed E-state index contributed by atoms with van der Waals surface area (Å²) >= 11 is 0. The Labute approximate surface area is 119 Å². The minimum Gasteiger partial charge on any atom is -0.381 e. The summed E-state index contributed by atoms with van der Waals surface area (Å²) in [6.45, 7) is 7.16. The zero-order valence-corrected chi connectivity index (χ0v) is 13.0. The Kier molecular flexibility index (Phi) is 6.11. The number of hydrogen-bond acceptors (Lipinski definition) is 3. The van der Waals surface area contributed by atoms with Crippen LogP contribution < -0.4 is 5.32 Å². The van der Waals surface area contributed by atoms with E-state index in [9.17, 15) is 0 Å². The highest BCUT2D eigenvalue weighted by molar-refractivity contribution is 4.85. The third-order valence-electron chi connectivity index (χ3n) is 4.95. The van der Waals surface area contributed by atoms with Gasteiger partial charge in [-0.05, 0) is 58.9 Å². The standard InChI is InChI=1S/C16H32N2O/c1-13(2)18(12-14-6-4-5-11-17-14)15-7-9-16(19-3)10-8-15/h13-17H,4-12H2,1-3H3. The van der Waals surface area contributed by atoms with Crippen LogP contribution in [0.2, 0.25) is 0 Å². The van der Waals surface area contributed by atoms with Crippen molar-refractivity contribution >= 4 is 0 Å². The van der Waals surface area contributed by atoms with Crippen molar-refractivity contribution in [2.45, 2.75) is 83.0 Å². The van der Waals surface area contributed by atoms with Gasteiger partial charge in [0.1, 0.15) is 0 Å². The molecule has 1 saturated heterocycles. The van der Waals surface area contributed by atoms with Crippen LogP contribution in [0.15, 0.2) is 0 Å². The van der Waals surface area contributed by atoms with Gasteiger partial charge in [-0.2, -0.15) is 0 Å². The van der Waals surface area contributed by atoms with Gasteiger partial charge in [0, 0.05) is 31.8 Å². The largest absolute Gasteiger partial charge is 0.381 e. The van der Waals surface area contributed by atoms with E-state index in [0.29, 0.717) is 12.1 Å². The molecule has 0 radical (unpaired) electrons. The van der Waals surface area contributed by atoms with Crippen LogP contribution in [0, 0.1) is 0 Å². The molecule has 3 nitrogen and oxygen atoms in total. The predicted molar refractivity (Wildman–Crippen MR) is 80.5 cm³/mol. The Morgan fingerprint density at radius 3 is 2.37 bits per heavy atom. The van der Waals surface area contributed by atoms with Gasteiger partial charge < -0.3 is 10.1 Å². The fraction of sp³-hybridized carbons (Fsp3) is 1.00. The molecule has 1 aliphatic heterocycles. The monoisotopic (exact) mass is 268 g/mol. The second-order valence-electron chi connectivity index (χ2n) is 6.60. The Morgan fingerprint density at radius 1 is 1.11 bits per heavy atom. The van der Waals surface area contributed by atoms with Crippen molar-refractivity contribution in [3.05, 3.63) is 0 Å². The smallest absolute Gasteiger partial charge is 0.0572 e. The van der Waals surface area contributed by atoms with E-state index in [2.05, 4.69) is 24.1 Å². The van der Waals surface area contributed by atoms with Crippen LogP contribution in [0.1, 0.15) is 58.8 Å². The minimum atomic E-state index is 0.512. The van der Waals surface area contributed by atoms with E-state index >= 15 is 0 Å². The second kappa shape index (κ2) is 7.61. The Hall–Kier alpha value is -0.120. The lowest BCUT2D eigenvalue weighted by molar-refractivity contribution is 0.0260. The number of nitrogens with one attached hydrogen (secondary N) is 1. The van der Waals surface area contributed by atoms with Crippen LogP contribution >= 0.6 is 0 Å². The third kappa shape index (κ3) is 4.44. The summed E-state index contributed by atoms with van der Waals surface area (Å²) in [6.07, 6.45) is 9.73. The van der Waals surface area contributed by atoms with Crippen molar-refractivity contribution in [1.82, 2.24) is 10.2 Å². The summed E-state index contributed by atoms with van der Waals surface area (Å²) in [5.74, 6) is 0. The first-order chi connectivity index (χ1) is 9.20. The molecule has 19 heavy (non-hydrogen) atoms. The van der Waals surface area contributed by atoms with Crippen molar-refractivity contribution in [3.8, 4) is 0 Å². The van der Waals surface area contributed by atoms with Crippen LogP contribution in [0.3, 0.4) is 0 Å². The van der Waals surface area contributed by atoms with Crippen molar-refractivity contribution in [1.29, 1.82) is 0 Å². The molecule has 2 fully saturated rings. The third-order valence-corrected chi connectivity index (χ3v) is 4.95. The molecule has 1 aliphatic carbocycles. The Bertz CT molecular complexity index is 243. The summed E-state index contributed by atoms with van der Waals surface area (Å²) in [5.41, 5.74) is 0. The molecule has 1 heterocycles. The van der Waals surface area contributed by atoms with Crippen LogP contribution in [-0.4, -0.2) is 49.3 Å². The van der Waals surface area contributed by atoms with Gasteiger partial charge in [0.15, 0.2) is 0 Å². The van der Waals surface area contributed by atoms with E-state index in [0.717, 1.165) is 12.1 Å². The van der Waals surface area contributed by atoms with E-state index in [4.69, 9.17) is 4.74 Å². The second-order valence-corrected chi connectivity index (χ2v) is 6.60. The highest BCUT2D eigenvalue weighted by Crippen LogP contribution is 2.26. The quantitative estimate of drug-likeness (QED) is 0.830. The van der Waals surface area contributed by atoms with E-state index in [1.54, 1.807) is 0 Å². The van der Waals surface area contributed by atoms with Crippen molar-refractivity contribution < 1.29 is 4.74 Å². The lowest BCUT2D eigenvalue weighted by Crippen LogP contribution is -2.51. The van der Waals surface area contributed by atoms with Gasteiger partial charge in [0.25, 0.3) is 0 Å². The van der Waals surface area contributed by atoms with Crippen molar-refractivity contribution in [2.75, 3.05) is 20.2 Å². The predicted octanol–water partition coefficient (Wildman–Crippen LogP) is 2.80. The van der Waals surface area contributed by atoms with E-state index in [1.165, 1.54) is 58.0 Å². The maximum absolute atomic E-state index is 5.50. The maximum Gasteiger partial charge on any atom is 0.0572 e. The molecule has 0 aromatic heterocycles. The zero-order valence-electron chi connectivity index (χ0n) is 13.0. The minimum absolute atomic E-state index is 0.512. The number of ether oxygens (including phenoxy) is 1. The fourth-order valence-corrected chi connectivity index (χ4v) is 3.73. The number of hydrogen-bond donors (Lipinski definition) is 1. The van der Waals surface area contributed by atoms with Crippen LogP contribution in [0.4, 0.5) is 0 Å². The first-order valence-electron chi connectivity index (χ1n) is 8.22. The van der Waals surface area contributed by atoms with Gasteiger partial charge in [-0.15, -0.1) is 0 Å². The van der Waals surface area contributed by atoms with Gasteiger partial charge in [0.2, 0.25) is 0 Å². The van der Waals surface area contributed by atoms with Gasteiger partial charge in [-0.1, -0.05) is 6.42 Å².